The molecule has 0 spiro atoms. The van der Waals surface area contributed by atoms with Gasteiger partial charge in [0.15, 0.2) is 0 Å². The zero-order valence-electron chi connectivity index (χ0n) is 14.9. The van der Waals surface area contributed by atoms with Crippen molar-refractivity contribution in [1.29, 1.82) is 0 Å². The van der Waals surface area contributed by atoms with Crippen molar-refractivity contribution >= 4 is 29.9 Å². The maximum atomic E-state index is 12.7. The third-order valence-electron chi connectivity index (χ3n) is 4.32. The Bertz CT molecular complexity index is 843. The summed E-state index contributed by atoms with van der Waals surface area (Å²) in [6.07, 6.45) is 0. The molecule has 2 amide bonds. The molecule has 2 aromatic carbocycles. The fraction of sp³-hybridized carbons (Fsp3) is 0.263. The van der Waals surface area contributed by atoms with Crippen LogP contribution in [-0.2, 0) is 0 Å². The van der Waals surface area contributed by atoms with Gasteiger partial charge in [-0.3, -0.25) is 9.59 Å². The van der Waals surface area contributed by atoms with E-state index in [1.165, 1.54) is 23.1 Å². The van der Waals surface area contributed by atoms with Crippen molar-refractivity contribution in [2.24, 2.45) is 0 Å². The number of carbonyl (C=O) groups excluding carboxylic acids is 2. The topological polar surface area (TPSA) is 75.9 Å². The van der Waals surface area contributed by atoms with Crippen molar-refractivity contribution in [2.45, 2.75) is 6.61 Å². The number of piperazine rings is 1. The Morgan fingerprint density at radius 2 is 1.54 bits per heavy atom. The highest BCUT2D eigenvalue weighted by Gasteiger charge is 2.27. The van der Waals surface area contributed by atoms with Gasteiger partial charge in [0.2, 0.25) is 0 Å². The van der Waals surface area contributed by atoms with Gasteiger partial charge in [-0.15, -0.1) is 12.4 Å². The fourth-order valence-electron chi connectivity index (χ4n) is 2.98. The van der Waals surface area contributed by atoms with Crippen LogP contribution in [0.25, 0.3) is 0 Å². The van der Waals surface area contributed by atoms with E-state index in [1.54, 1.807) is 35.2 Å². The first-order valence-electron chi connectivity index (χ1n) is 8.43. The highest BCUT2D eigenvalue weighted by molar-refractivity contribution is 5.98. The van der Waals surface area contributed by atoms with Crippen molar-refractivity contribution in [1.82, 2.24) is 9.80 Å². The minimum atomic E-state index is -3.01. The number of rotatable bonds is 4. The van der Waals surface area contributed by atoms with E-state index in [2.05, 4.69) is 4.74 Å². The zero-order chi connectivity index (χ0) is 19.4. The predicted octanol–water partition coefficient (Wildman–Crippen LogP) is 2.89. The number of benzene rings is 2. The van der Waals surface area contributed by atoms with E-state index in [4.69, 9.17) is 5.73 Å². The normalized spacial score (nSPS) is 13.8. The SMILES string of the molecule is Cl.Nc1cccc(C(=O)N2CCN(C(=O)c3ccccc3OC(F)F)CC2)c1. The van der Waals surface area contributed by atoms with E-state index in [9.17, 15) is 18.4 Å². The van der Waals surface area contributed by atoms with Crippen LogP contribution in [0.2, 0.25) is 0 Å². The van der Waals surface area contributed by atoms with Gasteiger partial charge in [-0.1, -0.05) is 18.2 Å². The van der Waals surface area contributed by atoms with Crippen LogP contribution in [-0.4, -0.2) is 54.4 Å². The molecule has 2 N–H and O–H groups in total. The van der Waals surface area contributed by atoms with E-state index in [-0.39, 0.29) is 29.6 Å². The number of alkyl halides is 2. The second kappa shape index (κ2) is 9.36. The summed E-state index contributed by atoms with van der Waals surface area (Å²) < 4.78 is 29.5. The van der Waals surface area contributed by atoms with Gasteiger partial charge in [0.25, 0.3) is 11.8 Å². The van der Waals surface area contributed by atoms with Crippen LogP contribution >= 0.6 is 12.4 Å². The van der Waals surface area contributed by atoms with Crippen LogP contribution in [0.4, 0.5) is 14.5 Å². The Kier molecular flexibility index (Phi) is 7.17. The Morgan fingerprint density at radius 3 is 2.14 bits per heavy atom. The molecule has 1 heterocycles. The second-order valence-electron chi connectivity index (χ2n) is 6.08. The van der Waals surface area contributed by atoms with E-state index in [0.29, 0.717) is 37.4 Å². The summed E-state index contributed by atoms with van der Waals surface area (Å²) in [5, 5.41) is 0. The van der Waals surface area contributed by atoms with Gasteiger partial charge in [-0.25, -0.2) is 0 Å². The van der Waals surface area contributed by atoms with Gasteiger partial charge < -0.3 is 20.3 Å². The minimum Gasteiger partial charge on any atom is -0.434 e. The number of nitrogen functional groups attached to an aromatic ring is 1. The van der Waals surface area contributed by atoms with Crippen molar-refractivity contribution < 1.29 is 23.1 Å². The van der Waals surface area contributed by atoms with Crippen molar-refractivity contribution in [3.8, 4) is 5.75 Å². The lowest BCUT2D eigenvalue weighted by atomic mass is 10.1. The molecule has 9 heteroatoms. The number of carbonyl (C=O) groups is 2. The molecular weight excluding hydrogens is 392 g/mol. The van der Waals surface area contributed by atoms with Gasteiger partial charge in [0.1, 0.15) is 5.75 Å². The van der Waals surface area contributed by atoms with Gasteiger partial charge >= 0.3 is 6.61 Å². The van der Waals surface area contributed by atoms with Crippen LogP contribution in [0.5, 0.6) is 5.75 Å². The Hall–Kier alpha value is -2.87. The van der Waals surface area contributed by atoms with Crippen molar-refractivity contribution in [2.75, 3.05) is 31.9 Å². The predicted molar refractivity (Wildman–Crippen MR) is 103 cm³/mol. The minimum absolute atomic E-state index is 0. The third-order valence-corrected chi connectivity index (χ3v) is 4.32. The second-order valence-corrected chi connectivity index (χ2v) is 6.08. The zero-order valence-corrected chi connectivity index (χ0v) is 15.7. The van der Waals surface area contributed by atoms with Crippen LogP contribution in [0.1, 0.15) is 20.7 Å². The number of nitrogens with zero attached hydrogens (tertiary/aromatic N) is 2. The molecule has 28 heavy (non-hydrogen) atoms. The molecule has 1 aliphatic heterocycles. The van der Waals surface area contributed by atoms with E-state index < -0.39 is 12.5 Å². The molecule has 0 bridgehead atoms. The molecule has 6 nitrogen and oxygen atoms in total. The lowest BCUT2D eigenvalue weighted by Gasteiger charge is -2.35. The summed E-state index contributed by atoms with van der Waals surface area (Å²) in [5.74, 6) is -0.714. The number of para-hydroxylation sites is 1. The monoisotopic (exact) mass is 411 g/mol. The van der Waals surface area contributed by atoms with E-state index in [1.807, 2.05) is 0 Å². The summed E-state index contributed by atoms with van der Waals surface area (Å²) in [4.78, 5) is 28.4. The molecule has 150 valence electrons. The number of ether oxygens (including phenoxy) is 1. The van der Waals surface area contributed by atoms with Gasteiger partial charge in [0, 0.05) is 37.4 Å². The van der Waals surface area contributed by atoms with Gasteiger partial charge in [-0.2, -0.15) is 8.78 Å². The fourth-order valence-corrected chi connectivity index (χ4v) is 2.98. The molecular formula is C19H20ClF2N3O3. The van der Waals surface area contributed by atoms with E-state index in [0.717, 1.165) is 0 Å². The number of amides is 2. The largest absolute Gasteiger partial charge is 0.434 e. The van der Waals surface area contributed by atoms with Crippen LogP contribution < -0.4 is 10.5 Å². The number of hydrogen-bond donors (Lipinski definition) is 1. The molecule has 0 aromatic heterocycles. The van der Waals surface area contributed by atoms with Crippen LogP contribution in [0.3, 0.4) is 0 Å². The average Bonchev–Trinajstić information content (AvgIpc) is 2.67. The van der Waals surface area contributed by atoms with Crippen LogP contribution in [0.15, 0.2) is 48.5 Å². The molecule has 1 saturated heterocycles. The highest BCUT2D eigenvalue weighted by Crippen LogP contribution is 2.23. The first kappa shape index (κ1) is 21.4. The van der Waals surface area contributed by atoms with Gasteiger partial charge in [0.05, 0.1) is 5.56 Å². The first-order chi connectivity index (χ1) is 13.0. The Labute approximate surface area is 167 Å². The average molecular weight is 412 g/mol. The maximum Gasteiger partial charge on any atom is 0.387 e. The molecule has 0 radical (unpaired) electrons. The first-order valence-corrected chi connectivity index (χ1v) is 8.43. The summed E-state index contributed by atoms with van der Waals surface area (Å²) in [5.41, 5.74) is 6.79. The van der Waals surface area contributed by atoms with Crippen LogP contribution in [0, 0.1) is 0 Å². The Balaban J connectivity index is 0.00000280. The number of nitrogens with two attached hydrogens (primary N) is 1. The summed E-state index contributed by atoms with van der Waals surface area (Å²) >= 11 is 0. The lowest BCUT2D eigenvalue weighted by Crippen LogP contribution is -2.50. The molecule has 0 unspecified atom stereocenters. The molecule has 3 rings (SSSR count). The quantitative estimate of drug-likeness (QED) is 0.785. The Morgan fingerprint density at radius 1 is 0.929 bits per heavy atom. The van der Waals surface area contributed by atoms with Gasteiger partial charge in [-0.05, 0) is 30.3 Å². The molecule has 1 fully saturated rings. The number of halogens is 3. The standard InChI is InChI=1S/C19H19F2N3O3.ClH/c20-19(21)27-16-7-2-1-6-15(16)18(26)24-10-8-23(9-11-24)17(25)13-4-3-5-14(22)12-13;/h1-7,12,19H,8-11,22H2;1H. The lowest BCUT2D eigenvalue weighted by molar-refractivity contribution is -0.0503. The van der Waals surface area contributed by atoms with E-state index >= 15 is 0 Å². The van der Waals surface area contributed by atoms with Crippen molar-refractivity contribution in [3.63, 3.8) is 0 Å². The highest BCUT2D eigenvalue weighted by atomic mass is 35.5. The summed E-state index contributed by atoms with van der Waals surface area (Å²) in [6.45, 7) is -1.72. The maximum absolute atomic E-state index is 12.7. The number of hydrogen-bond acceptors (Lipinski definition) is 4. The molecule has 2 aromatic rings. The summed E-state index contributed by atoms with van der Waals surface area (Å²) in [6, 6.07) is 12.6. The molecule has 0 aliphatic carbocycles. The molecule has 1 aliphatic rings. The molecule has 0 saturated carbocycles. The van der Waals surface area contributed by atoms with Crippen molar-refractivity contribution in [3.05, 3.63) is 59.7 Å². The third kappa shape index (κ3) is 4.89. The summed E-state index contributed by atoms with van der Waals surface area (Å²) in [7, 11) is 0. The smallest absolute Gasteiger partial charge is 0.387 e. The molecule has 0 atom stereocenters. The number of anilines is 1.